The van der Waals surface area contributed by atoms with Crippen molar-refractivity contribution in [1.29, 1.82) is 0 Å². The average molecular weight is 165 g/mol. The molecule has 68 valence electrons. The summed E-state index contributed by atoms with van der Waals surface area (Å²) >= 11 is 0. The number of benzene rings is 1. The van der Waals surface area contributed by atoms with Gasteiger partial charge in [-0.2, -0.15) is 0 Å². The number of aryl methyl sites for hydroxylation is 2. The van der Waals surface area contributed by atoms with Crippen LogP contribution in [0.25, 0.3) is 0 Å². The predicted molar refractivity (Wildman–Crippen MR) is 56.8 cm³/mol. The molecule has 0 atom stereocenters. The van der Waals surface area contributed by atoms with Crippen LogP contribution >= 0.6 is 0 Å². The van der Waals surface area contributed by atoms with E-state index in [0.717, 1.165) is 6.54 Å². The molecule has 0 fully saturated rings. The number of rotatable bonds is 0. The topological polar surface area (TPSA) is 12.0 Å². The molecule has 1 N–H and O–H groups in total. The first-order valence-electron chi connectivity index (χ1n) is 4.20. The maximum atomic E-state index is 3.40. The molecule has 1 aromatic rings. The van der Waals surface area contributed by atoms with E-state index in [2.05, 4.69) is 30.4 Å². The fourth-order valence-corrected chi connectivity index (χ4v) is 1.57. The smallest absolute Gasteiger partial charge is 0.0375 e. The third-order valence-electron chi connectivity index (χ3n) is 2.20. The van der Waals surface area contributed by atoms with Gasteiger partial charge in [0.1, 0.15) is 0 Å². The van der Waals surface area contributed by atoms with Gasteiger partial charge in [0, 0.05) is 13.7 Å². The van der Waals surface area contributed by atoms with Gasteiger partial charge in [0.2, 0.25) is 0 Å². The van der Waals surface area contributed by atoms with Crippen molar-refractivity contribution < 1.29 is 1.43 Å². The van der Waals surface area contributed by atoms with Gasteiger partial charge in [-0.05, 0) is 37.0 Å². The molecule has 0 radical (unpaired) electrons. The summed E-state index contributed by atoms with van der Waals surface area (Å²) in [5, 5.41) is 3.40. The number of hydrogen-bond donors (Lipinski definition) is 1. The summed E-state index contributed by atoms with van der Waals surface area (Å²) in [6, 6.07) is 6.65. The zero-order valence-electron chi connectivity index (χ0n) is 6.85. The number of anilines is 1. The van der Waals surface area contributed by atoms with Crippen molar-refractivity contribution in [3.8, 4) is 0 Å². The zero-order valence-corrected chi connectivity index (χ0v) is 6.85. The van der Waals surface area contributed by atoms with Crippen LogP contribution in [0.5, 0.6) is 0 Å². The highest BCUT2D eigenvalue weighted by Gasteiger charge is 2.06. The Morgan fingerprint density at radius 1 is 1.42 bits per heavy atom. The van der Waals surface area contributed by atoms with Gasteiger partial charge >= 0.3 is 0 Å². The van der Waals surface area contributed by atoms with Crippen LogP contribution in [0.1, 0.15) is 26.4 Å². The van der Waals surface area contributed by atoms with Gasteiger partial charge in [-0.1, -0.05) is 19.6 Å². The third kappa shape index (κ3) is 1.60. The fourth-order valence-electron chi connectivity index (χ4n) is 1.57. The largest absolute Gasteiger partial charge is 0.385 e. The molecule has 12 heavy (non-hydrogen) atoms. The molecule has 1 heteroatoms. The van der Waals surface area contributed by atoms with Crippen molar-refractivity contribution >= 4 is 5.69 Å². The second-order valence-electron chi connectivity index (χ2n) is 3.19. The second-order valence-corrected chi connectivity index (χ2v) is 3.19. The molecule has 1 aliphatic heterocycles. The molecule has 1 heterocycles. The monoisotopic (exact) mass is 165 g/mol. The average Bonchev–Trinajstić information content (AvgIpc) is 2.04. The molecule has 1 aliphatic rings. The van der Waals surface area contributed by atoms with Gasteiger partial charge < -0.3 is 5.32 Å². The Morgan fingerprint density at radius 2 is 2.25 bits per heavy atom. The summed E-state index contributed by atoms with van der Waals surface area (Å²) in [5.74, 6) is 0. The van der Waals surface area contributed by atoms with Gasteiger partial charge in [0.25, 0.3) is 0 Å². The first-order chi connectivity index (χ1) is 5.36. The van der Waals surface area contributed by atoms with E-state index in [9.17, 15) is 0 Å². The molecule has 0 aromatic heterocycles. The Balaban J connectivity index is 0.000000720. The number of hydrogen-bond acceptors (Lipinski definition) is 1. The minimum Gasteiger partial charge on any atom is -0.385 e. The van der Waals surface area contributed by atoms with Gasteiger partial charge in [0.05, 0.1) is 0 Å². The molecule has 1 aromatic carbocycles. The summed E-state index contributed by atoms with van der Waals surface area (Å²) in [6.07, 6.45) is 2.51. The fraction of sp³-hybridized carbons (Fsp3) is 0.455. The lowest BCUT2D eigenvalue weighted by molar-refractivity contribution is 0.829. The molecule has 0 aliphatic carbocycles. The van der Waals surface area contributed by atoms with Gasteiger partial charge in [-0.15, -0.1) is 0 Å². The summed E-state index contributed by atoms with van der Waals surface area (Å²) < 4.78 is 0. The Hall–Kier alpha value is -0.980. The Bertz CT molecular complexity index is 271. The Labute approximate surface area is 76.3 Å². The molecule has 2 rings (SSSR count). The van der Waals surface area contributed by atoms with Crippen molar-refractivity contribution in [2.75, 3.05) is 11.9 Å². The maximum Gasteiger partial charge on any atom is 0.0375 e. The van der Waals surface area contributed by atoms with E-state index in [4.69, 9.17) is 0 Å². The van der Waals surface area contributed by atoms with E-state index in [0.29, 0.717) is 0 Å². The summed E-state index contributed by atoms with van der Waals surface area (Å²) in [7, 11) is 0. The predicted octanol–water partition coefficient (Wildman–Crippen LogP) is 3.24. The van der Waals surface area contributed by atoms with Crippen molar-refractivity contribution in [2.45, 2.75) is 27.2 Å². The van der Waals surface area contributed by atoms with E-state index in [1.54, 1.807) is 0 Å². The highest BCUT2D eigenvalue weighted by Crippen LogP contribution is 2.22. The minimum absolute atomic E-state index is 0. The number of fused-ring (bicyclic) bond motifs is 1. The lowest BCUT2D eigenvalue weighted by atomic mass is 10.0. The summed E-state index contributed by atoms with van der Waals surface area (Å²) in [6.45, 7) is 3.27. The van der Waals surface area contributed by atoms with Gasteiger partial charge in [0.15, 0.2) is 0 Å². The molecule has 0 amide bonds. The van der Waals surface area contributed by atoms with E-state index < -0.39 is 0 Å². The van der Waals surface area contributed by atoms with Crippen molar-refractivity contribution in [3.05, 3.63) is 29.3 Å². The zero-order chi connectivity index (χ0) is 7.68. The van der Waals surface area contributed by atoms with E-state index in [1.807, 2.05) is 0 Å². The van der Waals surface area contributed by atoms with Crippen molar-refractivity contribution in [1.82, 2.24) is 0 Å². The van der Waals surface area contributed by atoms with Crippen LogP contribution in [0.15, 0.2) is 18.2 Å². The van der Waals surface area contributed by atoms with Crippen LogP contribution in [-0.4, -0.2) is 6.54 Å². The lowest BCUT2D eigenvalue weighted by Gasteiger charge is -2.17. The minimum atomic E-state index is 0. The molecule has 1 nitrogen and oxygen atoms in total. The van der Waals surface area contributed by atoms with Gasteiger partial charge in [-0.25, -0.2) is 0 Å². The standard InChI is InChI=1S/C10H13N.CH4.H2/c1-8-4-5-9-3-2-6-11-10(9)7-8;;/h4-5,7,11H,2-3,6H2,1H3;1H4;1H. The second kappa shape index (κ2) is 3.61. The van der Waals surface area contributed by atoms with E-state index in [-0.39, 0.29) is 8.85 Å². The van der Waals surface area contributed by atoms with Crippen LogP contribution in [0.2, 0.25) is 0 Å². The molecular weight excluding hydrogens is 146 g/mol. The summed E-state index contributed by atoms with van der Waals surface area (Å²) in [4.78, 5) is 0. The Morgan fingerprint density at radius 3 is 3.08 bits per heavy atom. The first kappa shape index (κ1) is 9.11. The highest BCUT2D eigenvalue weighted by atomic mass is 14.9. The first-order valence-corrected chi connectivity index (χ1v) is 4.20. The molecule has 0 saturated carbocycles. The quantitative estimate of drug-likeness (QED) is 0.622. The molecular formula is C11H19N. The third-order valence-corrected chi connectivity index (χ3v) is 2.20. The van der Waals surface area contributed by atoms with Crippen LogP contribution in [-0.2, 0) is 6.42 Å². The van der Waals surface area contributed by atoms with Crippen LogP contribution in [0, 0.1) is 6.92 Å². The van der Waals surface area contributed by atoms with Crippen LogP contribution < -0.4 is 5.32 Å². The molecule has 0 bridgehead atoms. The van der Waals surface area contributed by atoms with E-state index >= 15 is 0 Å². The lowest BCUT2D eigenvalue weighted by Crippen LogP contribution is -2.11. The molecule has 0 unspecified atom stereocenters. The molecule has 0 saturated heterocycles. The van der Waals surface area contributed by atoms with Crippen LogP contribution in [0.3, 0.4) is 0 Å². The van der Waals surface area contributed by atoms with Crippen molar-refractivity contribution in [3.63, 3.8) is 0 Å². The summed E-state index contributed by atoms with van der Waals surface area (Å²) in [5.41, 5.74) is 4.16. The van der Waals surface area contributed by atoms with E-state index in [1.165, 1.54) is 29.7 Å². The van der Waals surface area contributed by atoms with Gasteiger partial charge in [-0.3, -0.25) is 0 Å². The van der Waals surface area contributed by atoms with Crippen molar-refractivity contribution in [2.24, 2.45) is 0 Å². The maximum absolute atomic E-state index is 3.40. The molecule has 0 spiro atoms. The highest BCUT2D eigenvalue weighted by molar-refractivity contribution is 5.54. The number of nitrogens with one attached hydrogen (secondary N) is 1. The SMILES string of the molecule is C.Cc1ccc2c(c1)NCCC2.[HH]. The normalized spacial score (nSPS) is 14.1. The Kier molecular flexibility index (Phi) is 2.74. The van der Waals surface area contributed by atoms with Crippen LogP contribution in [0.4, 0.5) is 5.69 Å².